The average molecular weight is 265 g/mol. The quantitative estimate of drug-likeness (QED) is 0.583. The zero-order valence-corrected chi connectivity index (χ0v) is 11.5. The van der Waals surface area contributed by atoms with E-state index in [1.165, 1.54) is 13.2 Å². The van der Waals surface area contributed by atoms with Crippen molar-refractivity contribution in [1.82, 2.24) is 4.90 Å². The zero-order valence-electron chi connectivity index (χ0n) is 11.5. The highest BCUT2D eigenvalue weighted by molar-refractivity contribution is 5.91. The van der Waals surface area contributed by atoms with E-state index in [0.29, 0.717) is 12.3 Å². The number of rotatable bonds is 6. The predicted molar refractivity (Wildman–Crippen MR) is 71.2 cm³/mol. The molecule has 0 atom stereocenters. The van der Waals surface area contributed by atoms with Crippen LogP contribution in [0.2, 0.25) is 0 Å². The first-order chi connectivity index (χ1) is 9.04. The summed E-state index contributed by atoms with van der Waals surface area (Å²) in [5.41, 5.74) is 0. The maximum Gasteiger partial charge on any atom is 0.307 e. The van der Waals surface area contributed by atoms with Crippen molar-refractivity contribution >= 4 is 18.0 Å². The van der Waals surface area contributed by atoms with Crippen molar-refractivity contribution in [3.05, 3.63) is 30.2 Å². The third kappa shape index (κ3) is 4.99. The summed E-state index contributed by atoms with van der Waals surface area (Å²) < 4.78 is 9.68. The average Bonchev–Trinajstić information content (AvgIpc) is 2.88. The summed E-state index contributed by atoms with van der Waals surface area (Å²) in [6.07, 6.45) is 4.78. The first-order valence-electron chi connectivity index (χ1n) is 6.13. The van der Waals surface area contributed by atoms with Gasteiger partial charge in [-0.05, 0) is 32.1 Å². The lowest BCUT2D eigenvalue weighted by Gasteiger charge is -2.24. The standard InChI is InChI=1S/C14H19NO4/c1-11(2)15(9-8-14(17)18-3)13(16)7-6-12-5-4-10-19-12/h4-7,10-11H,8-9H2,1-3H3/b7-6+. The van der Waals surface area contributed by atoms with Gasteiger partial charge in [-0.25, -0.2) is 0 Å². The maximum absolute atomic E-state index is 12.0. The van der Waals surface area contributed by atoms with Crippen LogP contribution in [0.5, 0.6) is 0 Å². The van der Waals surface area contributed by atoms with Crippen LogP contribution in [0.3, 0.4) is 0 Å². The minimum Gasteiger partial charge on any atom is -0.469 e. The lowest BCUT2D eigenvalue weighted by atomic mass is 10.2. The second-order valence-electron chi connectivity index (χ2n) is 4.30. The van der Waals surface area contributed by atoms with Crippen LogP contribution < -0.4 is 0 Å². The van der Waals surface area contributed by atoms with E-state index in [1.807, 2.05) is 13.8 Å². The summed E-state index contributed by atoms with van der Waals surface area (Å²) in [5, 5.41) is 0. The van der Waals surface area contributed by atoms with Crippen LogP contribution in [0.1, 0.15) is 26.0 Å². The first kappa shape index (κ1) is 15.0. The summed E-state index contributed by atoms with van der Waals surface area (Å²) >= 11 is 0. The molecule has 19 heavy (non-hydrogen) atoms. The molecule has 0 aromatic carbocycles. The molecule has 0 aliphatic carbocycles. The van der Waals surface area contributed by atoms with Gasteiger partial charge in [0.25, 0.3) is 0 Å². The topological polar surface area (TPSA) is 59.8 Å². The molecular formula is C14H19NO4. The van der Waals surface area contributed by atoms with E-state index in [4.69, 9.17) is 4.42 Å². The third-order valence-corrected chi connectivity index (χ3v) is 2.62. The molecule has 1 aromatic heterocycles. The smallest absolute Gasteiger partial charge is 0.307 e. The van der Waals surface area contributed by atoms with Crippen molar-refractivity contribution in [2.24, 2.45) is 0 Å². The van der Waals surface area contributed by atoms with Crippen LogP contribution in [0.15, 0.2) is 28.9 Å². The van der Waals surface area contributed by atoms with Gasteiger partial charge >= 0.3 is 5.97 Å². The molecule has 0 aliphatic heterocycles. The molecule has 0 spiro atoms. The number of amides is 1. The molecule has 0 bridgehead atoms. The second-order valence-corrected chi connectivity index (χ2v) is 4.30. The lowest BCUT2D eigenvalue weighted by molar-refractivity contribution is -0.141. The fraction of sp³-hybridized carbons (Fsp3) is 0.429. The Hall–Kier alpha value is -2.04. The fourth-order valence-corrected chi connectivity index (χ4v) is 1.57. The normalized spacial score (nSPS) is 10.9. The molecule has 0 radical (unpaired) electrons. The van der Waals surface area contributed by atoms with E-state index in [9.17, 15) is 9.59 Å². The minimum atomic E-state index is -0.325. The number of ether oxygens (including phenoxy) is 1. The lowest BCUT2D eigenvalue weighted by Crippen LogP contribution is -2.37. The third-order valence-electron chi connectivity index (χ3n) is 2.62. The van der Waals surface area contributed by atoms with Crippen LogP contribution in [0.25, 0.3) is 6.08 Å². The summed E-state index contributed by atoms with van der Waals surface area (Å²) in [6, 6.07) is 3.53. The van der Waals surface area contributed by atoms with Crippen molar-refractivity contribution in [2.75, 3.05) is 13.7 Å². The molecule has 0 saturated carbocycles. The Bertz CT molecular complexity index is 434. The molecule has 104 valence electrons. The Morgan fingerprint density at radius 3 is 2.74 bits per heavy atom. The highest BCUT2D eigenvalue weighted by Crippen LogP contribution is 2.06. The molecular weight excluding hydrogens is 246 g/mol. The maximum atomic E-state index is 12.0. The number of nitrogens with zero attached hydrogens (tertiary/aromatic N) is 1. The number of furan rings is 1. The molecule has 1 amide bonds. The van der Waals surface area contributed by atoms with Gasteiger partial charge in [-0.3, -0.25) is 9.59 Å². The van der Waals surface area contributed by atoms with Crippen molar-refractivity contribution in [3.63, 3.8) is 0 Å². The molecule has 0 unspecified atom stereocenters. The summed E-state index contributed by atoms with van der Waals surface area (Å²) in [7, 11) is 1.33. The van der Waals surface area contributed by atoms with Gasteiger partial charge in [0.15, 0.2) is 0 Å². The number of methoxy groups -OCH3 is 1. The molecule has 1 aromatic rings. The van der Waals surface area contributed by atoms with Gasteiger partial charge in [-0.1, -0.05) is 0 Å². The van der Waals surface area contributed by atoms with Crippen molar-refractivity contribution in [2.45, 2.75) is 26.3 Å². The molecule has 0 N–H and O–H groups in total. The number of hydrogen-bond acceptors (Lipinski definition) is 4. The zero-order chi connectivity index (χ0) is 14.3. The highest BCUT2D eigenvalue weighted by Gasteiger charge is 2.16. The Morgan fingerprint density at radius 1 is 1.47 bits per heavy atom. The molecule has 1 rings (SSSR count). The fourth-order valence-electron chi connectivity index (χ4n) is 1.57. The molecule has 5 heteroatoms. The van der Waals surface area contributed by atoms with E-state index in [-0.39, 0.29) is 24.3 Å². The van der Waals surface area contributed by atoms with Crippen molar-refractivity contribution in [1.29, 1.82) is 0 Å². The van der Waals surface area contributed by atoms with E-state index in [1.54, 1.807) is 29.4 Å². The molecule has 1 heterocycles. The van der Waals surface area contributed by atoms with Crippen molar-refractivity contribution < 1.29 is 18.7 Å². The molecule has 0 saturated heterocycles. The van der Waals surface area contributed by atoms with Gasteiger partial charge in [0.2, 0.25) is 5.91 Å². The Morgan fingerprint density at radius 2 is 2.21 bits per heavy atom. The van der Waals surface area contributed by atoms with Crippen LogP contribution >= 0.6 is 0 Å². The second kappa shape index (κ2) is 7.41. The van der Waals surface area contributed by atoms with Gasteiger partial charge in [-0.15, -0.1) is 0 Å². The van der Waals surface area contributed by atoms with Crippen LogP contribution in [-0.4, -0.2) is 36.5 Å². The summed E-state index contributed by atoms with van der Waals surface area (Å²) in [6.45, 7) is 4.14. The molecule has 0 fully saturated rings. The number of carbonyl (C=O) groups is 2. The first-order valence-corrected chi connectivity index (χ1v) is 6.13. The van der Waals surface area contributed by atoms with E-state index >= 15 is 0 Å². The highest BCUT2D eigenvalue weighted by atomic mass is 16.5. The minimum absolute atomic E-state index is 0.0124. The van der Waals surface area contributed by atoms with Crippen LogP contribution in [0, 0.1) is 0 Å². The monoisotopic (exact) mass is 265 g/mol. The number of carbonyl (C=O) groups excluding carboxylic acids is 2. The van der Waals surface area contributed by atoms with E-state index in [2.05, 4.69) is 4.74 Å². The van der Waals surface area contributed by atoms with Crippen LogP contribution in [0.4, 0.5) is 0 Å². The Labute approximate surface area is 112 Å². The Kier molecular flexibility index (Phi) is 5.85. The predicted octanol–water partition coefficient (Wildman–Crippen LogP) is 2.09. The molecule has 5 nitrogen and oxygen atoms in total. The Balaban J connectivity index is 2.60. The molecule has 0 aliphatic rings. The van der Waals surface area contributed by atoms with E-state index in [0.717, 1.165) is 0 Å². The van der Waals surface area contributed by atoms with Crippen LogP contribution in [-0.2, 0) is 14.3 Å². The summed E-state index contributed by atoms with van der Waals surface area (Å²) in [4.78, 5) is 24.7. The van der Waals surface area contributed by atoms with Gasteiger partial charge in [-0.2, -0.15) is 0 Å². The van der Waals surface area contributed by atoms with Gasteiger partial charge in [0, 0.05) is 18.7 Å². The van der Waals surface area contributed by atoms with Crippen molar-refractivity contribution in [3.8, 4) is 0 Å². The van der Waals surface area contributed by atoms with Gasteiger partial charge < -0.3 is 14.1 Å². The number of esters is 1. The summed E-state index contributed by atoms with van der Waals surface area (Å²) in [5.74, 6) is 0.133. The van der Waals surface area contributed by atoms with Gasteiger partial charge in [0.05, 0.1) is 19.8 Å². The number of hydrogen-bond donors (Lipinski definition) is 0. The largest absolute Gasteiger partial charge is 0.469 e. The van der Waals surface area contributed by atoms with Gasteiger partial charge in [0.1, 0.15) is 5.76 Å². The van der Waals surface area contributed by atoms with E-state index < -0.39 is 0 Å². The SMILES string of the molecule is COC(=O)CCN(C(=O)/C=C/c1ccco1)C(C)C.